The van der Waals surface area contributed by atoms with E-state index >= 15 is 0 Å². The van der Waals surface area contributed by atoms with Crippen LogP contribution in [-0.4, -0.2) is 48.1 Å². The summed E-state index contributed by atoms with van der Waals surface area (Å²) in [5, 5.41) is 4.31. The number of anilines is 1. The molecule has 0 bridgehead atoms. The van der Waals surface area contributed by atoms with Crippen molar-refractivity contribution in [2.45, 2.75) is 20.3 Å². The molecule has 1 aromatic carbocycles. The summed E-state index contributed by atoms with van der Waals surface area (Å²) in [6, 6.07) is 6.41. The van der Waals surface area contributed by atoms with Crippen LogP contribution in [0.25, 0.3) is 0 Å². The number of nitrogens with one attached hydrogen (secondary N) is 1. The molecule has 1 aliphatic rings. The van der Waals surface area contributed by atoms with E-state index in [-0.39, 0.29) is 0 Å². The molecule has 1 heterocycles. The van der Waals surface area contributed by atoms with Crippen molar-refractivity contribution < 1.29 is 0 Å². The van der Waals surface area contributed by atoms with Crippen LogP contribution in [-0.2, 0) is 6.42 Å². The summed E-state index contributed by atoms with van der Waals surface area (Å²) >= 11 is 5.56. The third-order valence-corrected chi connectivity index (χ3v) is 4.12. The lowest BCUT2D eigenvalue weighted by Gasteiger charge is -2.34. The SMILES string of the molecule is CCc1cccc(C)c1NC(=S)N1CCN(C)CC1. The number of hydrogen-bond donors (Lipinski definition) is 1. The first-order chi connectivity index (χ1) is 9.11. The van der Waals surface area contributed by atoms with Crippen molar-refractivity contribution in [2.75, 3.05) is 38.5 Å². The zero-order valence-electron chi connectivity index (χ0n) is 12.1. The van der Waals surface area contributed by atoms with E-state index in [1.807, 2.05) is 0 Å². The molecule has 0 spiro atoms. The zero-order valence-corrected chi connectivity index (χ0v) is 12.9. The maximum Gasteiger partial charge on any atom is 0.173 e. The van der Waals surface area contributed by atoms with Crippen LogP contribution in [0.5, 0.6) is 0 Å². The highest BCUT2D eigenvalue weighted by atomic mass is 32.1. The summed E-state index contributed by atoms with van der Waals surface area (Å²) in [7, 11) is 2.16. The van der Waals surface area contributed by atoms with E-state index in [0.717, 1.165) is 37.7 Å². The van der Waals surface area contributed by atoms with Crippen LogP contribution in [0.2, 0.25) is 0 Å². The van der Waals surface area contributed by atoms with Gasteiger partial charge in [-0.05, 0) is 43.7 Å². The Labute approximate surface area is 121 Å². The summed E-state index contributed by atoms with van der Waals surface area (Å²) in [6.07, 6.45) is 1.02. The van der Waals surface area contributed by atoms with E-state index in [4.69, 9.17) is 12.2 Å². The van der Waals surface area contributed by atoms with Gasteiger partial charge < -0.3 is 15.1 Å². The molecule has 0 saturated carbocycles. The number of para-hydroxylation sites is 1. The normalized spacial score (nSPS) is 16.5. The number of likely N-dealkylation sites (N-methyl/N-ethyl adjacent to an activating group) is 1. The second kappa shape index (κ2) is 6.35. The molecule has 3 nitrogen and oxygen atoms in total. The summed E-state index contributed by atoms with van der Waals surface area (Å²) in [6.45, 7) is 8.49. The fourth-order valence-corrected chi connectivity index (χ4v) is 2.68. The number of piperazine rings is 1. The molecule has 1 N–H and O–H groups in total. The van der Waals surface area contributed by atoms with Crippen LogP contribution < -0.4 is 5.32 Å². The molecule has 0 unspecified atom stereocenters. The van der Waals surface area contributed by atoms with E-state index in [1.165, 1.54) is 16.8 Å². The molecule has 0 aromatic heterocycles. The topological polar surface area (TPSA) is 18.5 Å². The second-order valence-corrected chi connectivity index (χ2v) is 5.57. The van der Waals surface area contributed by atoms with Crippen LogP contribution in [0.3, 0.4) is 0 Å². The van der Waals surface area contributed by atoms with Gasteiger partial charge in [0.1, 0.15) is 0 Å². The molecule has 1 aromatic rings. The highest BCUT2D eigenvalue weighted by molar-refractivity contribution is 7.80. The van der Waals surface area contributed by atoms with Crippen molar-refractivity contribution in [3.8, 4) is 0 Å². The van der Waals surface area contributed by atoms with Gasteiger partial charge in [0.2, 0.25) is 0 Å². The van der Waals surface area contributed by atoms with E-state index in [1.54, 1.807) is 0 Å². The molecular formula is C15H23N3S. The van der Waals surface area contributed by atoms with Gasteiger partial charge in [-0.2, -0.15) is 0 Å². The van der Waals surface area contributed by atoms with Gasteiger partial charge in [-0.25, -0.2) is 0 Å². The van der Waals surface area contributed by atoms with Gasteiger partial charge in [-0.3, -0.25) is 0 Å². The number of hydrogen-bond acceptors (Lipinski definition) is 2. The third kappa shape index (κ3) is 3.45. The Morgan fingerprint density at radius 2 is 1.95 bits per heavy atom. The van der Waals surface area contributed by atoms with Gasteiger partial charge in [0.15, 0.2) is 5.11 Å². The van der Waals surface area contributed by atoms with Crippen LogP contribution in [0.1, 0.15) is 18.1 Å². The van der Waals surface area contributed by atoms with Crippen LogP contribution in [0, 0.1) is 6.92 Å². The molecule has 0 amide bonds. The Balaban J connectivity index is 2.06. The number of aryl methyl sites for hydroxylation is 2. The molecular weight excluding hydrogens is 254 g/mol. The Morgan fingerprint density at radius 3 is 2.58 bits per heavy atom. The molecule has 1 fully saturated rings. The van der Waals surface area contributed by atoms with Crippen molar-refractivity contribution >= 4 is 23.0 Å². The fourth-order valence-electron chi connectivity index (χ4n) is 2.40. The first-order valence-corrected chi connectivity index (χ1v) is 7.35. The summed E-state index contributed by atoms with van der Waals surface area (Å²) in [4.78, 5) is 4.60. The third-order valence-electron chi connectivity index (χ3n) is 3.76. The Hall–Kier alpha value is -1.13. The summed E-state index contributed by atoms with van der Waals surface area (Å²) in [5.41, 5.74) is 3.78. The zero-order chi connectivity index (χ0) is 13.8. The van der Waals surface area contributed by atoms with Gasteiger partial charge in [-0.15, -0.1) is 0 Å². The van der Waals surface area contributed by atoms with E-state index < -0.39 is 0 Å². The molecule has 0 aliphatic carbocycles. The first kappa shape index (κ1) is 14.3. The largest absolute Gasteiger partial charge is 0.346 e. The van der Waals surface area contributed by atoms with E-state index in [2.05, 4.69) is 54.2 Å². The van der Waals surface area contributed by atoms with Crippen molar-refractivity contribution in [2.24, 2.45) is 0 Å². The van der Waals surface area contributed by atoms with Crippen molar-refractivity contribution in [3.63, 3.8) is 0 Å². The van der Waals surface area contributed by atoms with E-state index in [0.29, 0.717) is 0 Å². The average Bonchev–Trinajstić information content (AvgIpc) is 2.41. The molecule has 0 atom stereocenters. The quantitative estimate of drug-likeness (QED) is 0.837. The van der Waals surface area contributed by atoms with E-state index in [9.17, 15) is 0 Å². The molecule has 1 aliphatic heterocycles. The van der Waals surface area contributed by atoms with Crippen molar-refractivity contribution in [3.05, 3.63) is 29.3 Å². The molecule has 1 saturated heterocycles. The van der Waals surface area contributed by atoms with Gasteiger partial charge in [0.25, 0.3) is 0 Å². The number of benzene rings is 1. The smallest absolute Gasteiger partial charge is 0.173 e. The molecule has 104 valence electrons. The number of rotatable bonds is 2. The lowest BCUT2D eigenvalue weighted by Crippen LogP contribution is -2.48. The minimum absolute atomic E-state index is 0.858. The van der Waals surface area contributed by atoms with Crippen molar-refractivity contribution in [1.82, 2.24) is 9.80 Å². The maximum atomic E-state index is 5.56. The molecule has 2 rings (SSSR count). The Kier molecular flexibility index (Phi) is 4.77. The van der Waals surface area contributed by atoms with Crippen LogP contribution in [0.15, 0.2) is 18.2 Å². The van der Waals surface area contributed by atoms with Gasteiger partial charge in [0, 0.05) is 31.9 Å². The van der Waals surface area contributed by atoms with Gasteiger partial charge >= 0.3 is 0 Å². The second-order valence-electron chi connectivity index (χ2n) is 5.18. The minimum atomic E-state index is 0.858. The lowest BCUT2D eigenvalue weighted by atomic mass is 10.1. The predicted molar refractivity (Wildman–Crippen MR) is 85.8 cm³/mol. The maximum absolute atomic E-state index is 5.56. The van der Waals surface area contributed by atoms with Crippen molar-refractivity contribution in [1.29, 1.82) is 0 Å². The molecule has 19 heavy (non-hydrogen) atoms. The lowest BCUT2D eigenvalue weighted by molar-refractivity contribution is 0.217. The Morgan fingerprint density at radius 1 is 1.26 bits per heavy atom. The highest BCUT2D eigenvalue weighted by Gasteiger charge is 2.17. The summed E-state index contributed by atoms with van der Waals surface area (Å²) < 4.78 is 0. The van der Waals surface area contributed by atoms with Crippen LogP contribution in [0.4, 0.5) is 5.69 Å². The van der Waals surface area contributed by atoms with Gasteiger partial charge in [-0.1, -0.05) is 25.1 Å². The predicted octanol–water partition coefficient (Wildman–Crippen LogP) is 2.50. The highest BCUT2D eigenvalue weighted by Crippen LogP contribution is 2.21. The summed E-state index contributed by atoms with van der Waals surface area (Å²) in [5.74, 6) is 0. The Bertz CT molecular complexity index is 451. The standard InChI is InChI=1S/C15H23N3S/c1-4-13-7-5-6-12(2)14(13)16-15(19)18-10-8-17(3)9-11-18/h5-7H,4,8-11H2,1-3H3,(H,16,19). The molecule has 4 heteroatoms. The monoisotopic (exact) mass is 277 g/mol. The first-order valence-electron chi connectivity index (χ1n) is 6.94. The van der Waals surface area contributed by atoms with Gasteiger partial charge in [0.05, 0.1) is 0 Å². The number of nitrogens with zero attached hydrogens (tertiary/aromatic N) is 2. The number of thiocarbonyl (C=S) groups is 1. The minimum Gasteiger partial charge on any atom is -0.346 e. The van der Waals surface area contributed by atoms with Crippen LogP contribution >= 0.6 is 12.2 Å². The molecule has 0 radical (unpaired) electrons. The average molecular weight is 277 g/mol. The fraction of sp³-hybridized carbons (Fsp3) is 0.533.